The highest BCUT2D eigenvalue weighted by molar-refractivity contribution is 7.74. The molecule has 2 saturated heterocycles. The molecule has 0 aromatic rings. The van der Waals surface area contributed by atoms with Crippen molar-refractivity contribution < 1.29 is 22.5 Å². The zero-order valence-corrected chi connectivity index (χ0v) is 10.1. The molecule has 17 heavy (non-hydrogen) atoms. The molecule has 0 aromatic carbocycles. The minimum absolute atomic E-state index is 0.0579. The molecular weight excluding hydrogens is 246 g/mol. The van der Waals surface area contributed by atoms with E-state index in [1.165, 1.54) is 0 Å². The molecule has 2 aliphatic heterocycles. The largest absolute Gasteiger partial charge is 0.750 e. The Kier molecular flexibility index (Phi) is 3.62. The van der Waals surface area contributed by atoms with Crippen molar-refractivity contribution in [2.24, 2.45) is 5.92 Å². The van der Waals surface area contributed by atoms with Crippen LogP contribution in [0.4, 0.5) is 0 Å². The minimum Gasteiger partial charge on any atom is -0.750 e. The molecule has 2 heterocycles. The van der Waals surface area contributed by atoms with E-state index in [0.29, 0.717) is 5.92 Å². The number of ether oxygens (including phenoxy) is 1. The van der Waals surface area contributed by atoms with Crippen LogP contribution in [-0.2, 0) is 25.1 Å². The van der Waals surface area contributed by atoms with Gasteiger partial charge in [-0.1, -0.05) is 13.5 Å². The number of esters is 1. The Morgan fingerprint density at radius 3 is 2.88 bits per heavy atom. The van der Waals surface area contributed by atoms with Crippen LogP contribution < -0.4 is 5.32 Å². The van der Waals surface area contributed by atoms with Gasteiger partial charge in [0.25, 0.3) is 0 Å². The lowest BCUT2D eigenvalue weighted by Crippen LogP contribution is -2.45. The summed E-state index contributed by atoms with van der Waals surface area (Å²) >= 11 is -2.61. The molecule has 1 N–H and O–H groups in total. The second kappa shape index (κ2) is 4.85. The Bertz CT molecular complexity index is 361. The molecule has 2 fully saturated rings. The van der Waals surface area contributed by atoms with Crippen LogP contribution in [0.1, 0.15) is 13.3 Å². The van der Waals surface area contributed by atoms with Crippen LogP contribution in [0.25, 0.3) is 0 Å². The summed E-state index contributed by atoms with van der Waals surface area (Å²) in [5.74, 6) is -0.246. The molecule has 2 aliphatic rings. The maximum Gasteiger partial charge on any atom is 0.330 e. The van der Waals surface area contributed by atoms with Crippen LogP contribution in [0.5, 0.6) is 0 Å². The number of hydrogen-bond acceptors (Lipinski definition) is 6. The Labute approximate surface area is 102 Å². The Morgan fingerprint density at radius 1 is 1.59 bits per heavy atom. The first-order chi connectivity index (χ1) is 8.02. The van der Waals surface area contributed by atoms with Gasteiger partial charge in [0.2, 0.25) is 0 Å². The predicted octanol–water partition coefficient (Wildman–Crippen LogP) is -0.356. The fraction of sp³-hybridized carbons (Fsp3) is 0.700. The average Bonchev–Trinajstić information content (AvgIpc) is 2.76. The lowest BCUT2D eigenvalue weighted by molar-refractivity contribution is -0.149. The summed E-state index contributed by atoms with van der Waals surface area (Å²) in [4.78, 5) is 11.2. The molecule has 2 rings (SSSR count). The van der Waals surface area contributed by atoms with Crippen LogP contribution in [-0.4, -0.2) is 39.0 Å². The summed E-state index contributed by atoms with van der Waals surface area (Å²) < 4.78 is 31.2. The molecule has 0 aliphatic carbocycles. The standard InChI is InChI=1S/C10H15NO5S/c1-3-7(12)15-10-8-5(2)4-6(11-8)9(10)16-17(13)14/h3,5-6,8-11H,1,4H2,2H3,(H,13,14)/p-1. The number of hydrogen-bond donors (Lipinski definition) is 1. The number of fused-ring (bicyclic) bond motifs is 2. The van der Waals surface area contributed by atoms with E-state index in [9.17, 15) is 13.6 Å². The Hall–Kier alpha value is -0.760. The maximum atomic E-state index is 11.2. The molecule has 0 radical (unpaired) electrons. The van der Waals surface area contributed by atoms with E-state index >= 15 is 0 Å². The zero-order valence-electron chi connectivity index (χ0n) is 9.33. The normalized spacial score (nSPS) is 41.2. The summed E-state index contributed by atoms with van der Waals surface area (Å²) in [6, 6.07) is -0.145. The Morgan fingerprint density at radius 2 is 2.29 bits per heavy atom. The highest BCUT2D eigenvalue weighted by Gasteiger charge is 2.54. The third kappa shape index (κ3) is 2.42. The van der Waals surface area contributed by atoms with E-state index in [1.807, 2.05) is 6.92 Å². The predicted molar refractivity (Wildman–Crippen MR) is 58.4 cm³/mol. The van der Waals surface area contributed by atoms with Crippen molar-refractivity contribution in [2.75, 3.05) is 0 Å². The molecule has 2 bridgehead atoms. The minimum atomic E-state index is -2.61. The summed E-state index contributed by atoms with van der Waals surface area (Å²) in [5, 5.41) is 3.20. The SMILES string of the molecule is C=CC(=O)OC1C2NC(CC2C)C1OS(=O)[O-]. The molecular formula is C10H14NO5S-. The van der Waals surface area contributed by atoms with Crippen molar-refractivity contribution in [2.45, 2.75) is 37.6 Å². The van der Waals surface area contributed by atoms with Crippen molar-refractivity contribution in [3.8, 4) is 0 Å². The van der Waals surface area contributed by atoms with Gasteiger partial charge in [-0.15, -0.1) is 0 Å². The van der Waals surface area contributed by atoms with Gasteiger partial charge in [0.15, 0.2) is 0 Å². The van der Waals surface area contributed by atoms with Crippen LogP contribution in [0.3, 0.4) is 0 Å². The van der Waals surface area contributed by atoms with E-state index in [-0.39, 0.29) is 12.1 Å². The third-order valence-electron chi connectivity index (χ3n) is 3.33. The molecule has 0 amide bonds. The molecule has 0 saturated carbocycles. The molecule has 6 atom stereocenters. The fourth-order valence-electron chi connectivity index (χ4n) is 2.64. The summed E-state index contributed by atoms with van der Waals surface area (Å²) in [5.41, 5.74) is 0. The molecule has 0 aromatic heterocycles. The number of carbonyl (C=O) groups excluding carboxylic acids is 1. The summed E-state index contributed by atoms with van der Waals surface area (Å²) in [7, 11) is 0. The first kappa shape index (κ1) is 12.7. The van der Waals surface area contributed by atoms with Gasteiger partial charge >= 0.3 is 5.97 Å². The maximum absolute atomic E-state index is 11.2. The second-order valence-corrected chi connectivity index (χ2v) is 4.98. The topological polar surface area (TPSA) is 87.7 Å². The van der Waals surface area contributed by atoms with E-state index in [0.717, 1.165) is 12.5 Å². The van der Waals surface area contributed by atoms with Crippen molar-refractivity contribution in [3.05, 3.63) is 12.7 Å². The van der Waals surface area contributed by atoms with Crippen molar-refractivity contribution in [1.82, 2.24) is 5.32 Å². The fourth-order valence-corrected chi connectivity index (χ4v) is 3.07. The van der Waals surface area contributed by atoms with Crippen molar-refractivity contribution in [3.63, 3.8) is 0 Å². The van der Waals surface area contributed by atoms with Crippen LogP contribution in [0, 0.1) is 5.92 Å². The van der Waals surface area contributed by atoms with E-state index in [2.05, 4.69) is 11.9 Å². The van der Waals surface area contributed by atoms with E-state index in [4.69, 9.17) is 8.92 Å². The van der Waals surface area contributed by atoms with Crippen LogP contribution in [0.2, 0.25) is 0 Å². The van der Waals surface area contributed by atoms with E-state index in [1.54, 1.807) is 0 Å². The van der Waals surface area contributed by atoms with Gasteiger partial charge in [-0.2, -0.15) is 0 Å². The van der Waals surface area contributed by atoms with Crippen molar-refractivity contribution in [1.29, 1.82) is 0 Å². The molecule has 7 heteroatoms. The first-order valence-electron chi connectivity index (χ1n) is 5.38. The third-order valence-corrected chi connectivity index (χ3v) is 3.71. The number of nitrogens with one attached hydrogen (secondary N) is 1. The highest BCUT2D eigenvalue weighted by atomic mass is 32.2. The average molecular weight is 260 g/mol. The molecule has 6 nitrogen and oxygen atoms in total. The van der Waals surface area contributed by atoms with Gasteiger partial charge in [-0.05, 0) is 12.3 Å². The molecule has 0 spiro atoms. The van der Waals surface area contributed by atoms with Gasteiger partial charge in [-0.25, -0.2) is 9.00 Å². The molecule has 6 unspecified atom stereocenters. The van der Waals surface area contributed by atoms with Gasteiger partial charge in [0.1, 0.15) is 12.2 Å². The lowest BCUT2D eigenvalue weighted by Gasteiger charge is -2.31. The number of rotatable bonds is 4. The Balaban J connectivity index is 2.10. The summed E-state index contributed by atoms with van der Waals surface area (Å²) in [6.45, 7) is 5.34. The van der Waals surface area contributed by atoms with Crippen LogP contribution in [0.15, 0.2) is 12.7 Å². The van der Waals surface area contributed by atoms with Gasteiger partial charge in [0.05, 0.1) is 11.4 Å². The molecule has 96 valence electrons. The van der Waals surface area contributed by atoms with Crippen molar-refractivity contribution >= 4 is 17.3 Å². The second-order valence-electron chi connectivity index (χ2n) is 4.38. The lowest BCUT2D eigenvalue weighted by atomic mass is 9.86. The quantitative estimate of drug-likeness (QED) is 0.422. The summed E-state index contributed by atoms with van der Waals surface area (Å²) in [6.07, 6.45) is 0.655. The van der Waals surface area contributed by atoms with Gasteiger partial charge < -0.3 is 14.6 Å². The first-order valence-corrected chi connectivity index (χ1v) is 6.38. The van der Waals surface area contributed by atoms with Crippen LogP contribution >= 0.6 is 0 Å². The monoisotopic (exact) mass is 260 g/mol. The van der Waals surface area contributed by atoms with E-state index < -0.39 is 29.5 Å². The zero-order chi connectivity index (χ0) is 12.6. The number of carbonyl (C=O) groups is 1. The highest BCUT2D eigenvalue weighted by Crippen LogP contribution is 2.37. The van der Waals surface area contributed by atoms with Gasteiger partial charge in [-0.3, -0.25) is 4.18 Å². The van der Waals surface area contributed by atoms with Gasteiger partial charge in [0, 0.05) is 18.2 Å². The smallest absolute Gasteiger partial charge is 0.330 e.